The Bertz CT molecular complexity index is 695. The summed E-state index contributed by atoms with van der Waals surface area (Å²) in [5.74, 6) is 0.0931. The highest BCUT2D eigenvalue weighted by atomic mass is 16.4. The number of nitrogens with zero attached hydrogens (tertiary/aromatic N) is 1. The molecule has 0 aromatic carbocycles. The molecule has 3 heterocycles. The van der Waals surface area contributed by atoms with E-state index in [4.69, 9.17) is 8.83 Å². The van der Waals surface area contributed by atoms with Crippen molar-refractivity contribution in [1.29, 1.82) is 0 Å². The second-order valence-corrected chi connectivity index (χ2v) is 6.27. The number of furan rings is 2. The van der Waals surface area contributed by atoms with Crippen LogP contribution in [-0.4, -0.2) is 40.4 Å². The Balaban J connectivity index is 1.59. The molecule has 134 valence electrons. The fraction of sp³-hybridized carbons (Fsp3) is 0.444. The van der Waals surface area contributed by atoms with Gasteiger partial charge in [0.1, 0.15) is 17.9 Å². The smallest absolute Gasteiger partial charge is 0.287 e. The van der Waals surface area contributed by atoms with Gasteiger partial charge in [-0.25, -0.2) is 0 Å². The first-order valence-electron chi connectivity index (χ1n) is 8.42. The Morgan fingerprint density at radius 1 is 1.32 bits per heavy atom. The maximum absolute atomic E-state index is 12.7. The van der Waals surface area contributed by atoms with Gasteiger partial charge in [-0.05, 0) is 44.0 Å². The number of carbonyl (C=O) groups is 2. The minimum Gasteiger partial charge on any atom is -0.467 e. The Kier molecular flexibility index (Phi) is 5.23. The van der Waals surface area contributed by atoms with Crippen molar-refractivity contribution in [2.24, 2.45) is 0 Å². The lowest BCUT2D eigenvalue weighted by Crippen LogP contribution is -2.48. The van der Waals surface area contributed by atoms with Gasteiger partial charge in [0.15, 0.2) is 5.76 Å². The van der Waals surface area contributed by atoms with Crippen LogP contribution in [0.2, 0.25) is 0 Å². The van der Waals surface area contributed by atoms with E-state index in [1.165, 1.54) is 12.5 Å². The highest BCUT2D eigenvalue weighted by Crippen LogP contribution is 2.28. The van der Waals surface area contributed by atoms with Gasteiger partial charge < -0.3 is 24.2 Å². The van der Waals surface area contributed by atoms with Crippen LogP contribution in [0.1, 0.15) is 48.6 Å². The molecule has 7 nitrogen and oxygen atoms in total. The van der Waals surface area contributed by atoms with E-state index in [9.17, 15) is 14.7 Å². The zero-order chi connectivity index (χ0) is 17.8. The van der Waals surface area contributed by atoms with Crippen LogP contribution in [-0.2, 0) is 4.79 Å². The maximum Gasteiger partial charge on any atom is 0.287 e. The van der Waals surface area contributed by atoms with Gasteiger partial charge in [0.2, 0.25) is 5.91 Å². The predicted molar refractivity (Wildman–Crippen MR) is 88.7 cm³/mol. The summed E-state index contributed by atoms with van der Waals surface area (Å²) in [7, 11) is 0. The summed E-state index contributed by atoms with van der Waals surface area (Å²) in [6, 6.07) is 5.87. The van der Waals surface area contributed by atoms with Crippen molar-refractivity contribution in [2.45, 2.75) is 44.4 Å². The van der Waals surface area contributed by atoms with Crippen molar-refractivity contribution in [3.63, 3.8) is 0 Å². The SMILES string of the molecule is CC(NC(=O)c1ccco1)C(=O)N1CCCC1CC(O)c1ccco1. The molecular formula is C18H22N2O5. The Morgan fingerprint density at radius 2 is 2.08 bits per heavy atom. The van der Waals surface area contributed by atoms with Crippen LogP contribution in [0, 0.1) is 0 Å². The molecule has 1 aliphatic rings. The van der Waals surface area contributed by atoms with Crippen LogP contribution in [0.3, 0.4) is 0 Å². The first-order chi connectivity index (χ1) is 12.1. The summed E-state index contributed by atoms with van der Waals surface area (Å²) in [6.07, 6.45) is 4.29. The van der Waals surface area contributed by atoms with Crippen LogP contribution >= 0.6 is 0 Å². The van der Waals surface area contributed by atoms with Gasteiger partial charge in [0.25, 0.3) is 5.91 Å². The number of likely N-dealkylation sites (tertiary alicyclic amines) is 1. The summed E-state index contributed by atoms with van der Waals surface area (Å²) in [6.45, 7) is 2.27. The monoisotopic (exact) mass is 346 g/mol. The van der Waals surface area contributed by atoms with Gasteiger partial charge in [-0.1, -0.05) is 0 Å². The van der Waals surface area contributed by atoms with Gasteiger partial charge >= 0.3 is 0 Å². The topological polar surface area (TPSA) is 95.9 Å². The Hall–Kier alpha value is -2.54. The molecule has 2 aromatic heterocycles. The lowest BCUT2D eigenvalue weighted by molar-refractivity contribution is -0.134. The number of aliphatic hydroxyl groups excluding tert-OH is 1. The molecule has 3 atom stereocenters. The third kappa shape index (κ3) is 3.93. The number of amides is 2. The first kappa shape index (κ1) is 17.3. The van der Waals surface area contributed by atoms with Gasteiger partial charge in [0, 0.05) is 19.0 Å². The Morgan fingerprint density at radius 3 is 2.76 bits per heavy atom. The van der Waals surface area contributed by atoms with E-state index in [-0.39, 0.29) is 17.7 Å². The highest BCUT2D eigenvalue weighted by Gasteiger charge is 2.34. The van der Waals surface area contributed by atoms with Crippen LogP contribution in [0.5, 0.6) is 0 Å². The minimum absolute atomic E-state index is 0.0736. The maximum atomic E-state index is 12.7. The second kappa shape index (κ2) is 7.57. The molecule has 0 saturated carbocycles. The molecule has 1 fully saturated rings. The Labute approximate surface area is 145 Å². The standard InChI is InChI=1S/C18H22N2O5/c1-12(19-17(22)16-7-4-10-25-16)18(23)20-8-2-5-13(20)11-14(21)15-6-3-9-24-15/h3-4,6-7,9-10,12-14,21H,2,5,8,11H2,1H3,(H,19,22). The van der Waals surface area contributed by atoms with E-state index < -0.39 is 18.1 Å². The molecule has 0 aliphatic carbocycles. The molecule has 7 heteroatoms. The quantitative estimate of drug-likeness (QED) is 0.835. The molecule has 0 spiro atoms. The number of aliphatic hydroxyl groups is 1. The van der Waals surface area contributed by atoms with Crippen molar-refractivity contribution in [1.82, 2.24) is 10.2 Å². The minimum atomic E-state index is -0.749. The summed E-state index contributed by atoms with van der Waals surface area (Å²) in [5.41, 5.74) is 0. The van der Waals surface area contributed by atoms with Crippen LogP contribution < -0.4 is 5.32 Å². The average Bonchev–Trinajstić information content (AvgIpc) is 3.34. The highest BCUT2D eigenvalue weighted by molar-refractivity contribution is 5.95. The summed E-state index contributed by atoms with van der Waals surface area (Å²) < 4.78 is 10.3. The van der Waals surface area contributed by atoms with Crippen molar-refractivity contribution >= 4 is 11.8 Å². The summed E-state index contributed by atoms with van der Waals surface area (Å²) >= 11 is 0. The van der Waals surface area contributed by atoms with Crippen LogP contribution in [0.15, 0.2) is 45.6 Å². The zero-order valence-electron chi connectivity index (χ0n) is 14.1. The lowest BCUT2D eigenvalue weighted by atomic mass is 10.0. The second-order valence-electron chi connectivity index (χ2n) is 6.27. The molecule has 3 rings (SSSR count). The molecule has 2 N–H and O–H groups in total. The lowest BCUT2D eigenvalue weighted by Gasteiger charge is -2.28. The first-order valence-corrected chi connectivity index (χ1v) is 8.42. The molecule has 2 amide bonds. The summed E-state index contributed by atoms with van der Waals surface area (Å²) in [5, 5.41) is 12.9. The number of rotatable bonds is 6. The van der Waals surface area contributed by atoms with Gasteiger partial charge in [0.05, 0.1) is 12.5 Å². The molecule has 0 radical (unpaired) electrons. The molecule has 1 saturated heterocycles. The molecule has 1 aliphatic heterocycles. The van der Waals surface area contributed by atoms with Gasteiger partial charge in [-0.15, -0.1) is 0 Å². The average molecular weight is 346 g/mol. The van der Waals surface area contributed by atoms with E-state index in [2.05, 4.69) is 5.32 Å². The van der Waals surface area contributed by atoms with Crippen molar-refractivity contribution in [2.75, 3.05) is 6.54 Å². The number of hydrogen-bond acceptors (Lipinski definition) is 5. The third-order valence-electron chi connectivity index (χ3n) is 4.49. The number of nitrogens with one attached hydrogen (secondary N) is 1. The van der Waals surface area contributed by atoms with Crippen molar-refractivity contribution < 1.29 is 23.5 Å². The van der Waals surface area contributed by atoms with Crippen LogP contribution in [0.25, 0.3) is 0 Å². The van der Waals surface area contributed by atoms with Gasteiger partial charge in [-0.2, -0.15) is 0 Å². The molecule has 25 heavy (non-hydrogen) atoms. The van der Waals surface area contributed by atoms with Crippen molar-refractivity contribution in [3.05, 3.63) is 48.3 Å². The molecular weight excluding hydrogens is 324 g/mol. The van der Waals surface area contributed by atoms with E-state index >= 15 is 0 Å². The molecule has 2 aromatic rings. The summed E-state index contributed by atoms with van der Waals surface area (Å²) in [4.78, 5) is 26.5. The van der Waals surface area contributed by atoms with E-state index in [1.807, 2.05) is 0 Å². The van der Waals surface area contributed by atoms with E-state index in [0.717, 1.165) is 12.8 Å². The predicted octanol–water partition coefficient (Wildman–Crippen LogP) is 2.11. The normalized spacial score (nSPS) is 19.6. The van der Waals surface area contributed by atoms with Gasteiger partial charge in [-0.3, -0.25) is 9.59 Å². The fourth-order valence-electron chi connectivity index (χ4n) is 3.21. The number of carbonyl (C=O) groups excluding carboxylic acids is 2. The van der Waals surface area contributed by atoms with Crippen LogP contribution in [0.4, 0.5) is 0 Å². The third-order valence-corrected chi connectivity index (χ3v) is 4.49. The zero-order valence-corrected chi connectivity index (χ0v) is 14.1. The largest absolute Gasteiger partial charge is 0.467 e. The fourth-order valence-corrected chi connectivity index (χ4v) is 3.21. The number of hydrogen-bond donors (Lipinski definition) is 2. The van der Waals surface area contributed by atoms with Crippen molar-refractivity contribution in [3.8, 4) is 0 Å². The molecule has 0 bridgehead atoms. The van der Waals surface area contributed by atoms with E-state index in [1.54, 1.807) is 36.1 Å². The molecule has 3 unspecified atom stereocenters. The van der Waals surface area contributed by atoms with E-state index in [0.29, 0.717) is 18.7 Å².